The van der Waals surface area contributed by atoms with Crippen LogP contribution >= 0.6 is 0 Å². The van der Waals surface area contributed by atoms with E-state index >= 15 is 0 Å². The molecule has 4 nitrogen and oxygen atoms in total. The monoisotopic (exact) mass is 392 g/mol. The number of aryl methyl sites for hydroxylation is 1. The van der Waals surface area contributed by atoms with Crippen molar-refractivity contribution in [3.05, 3.63) is 108 Å². The van der Waals surface area contributed by atoms with Crippen molar-refractivity contribution < 1.29 is 14.0 Å². The van der Waals surface area contributed by atoms with Gasteiger partial charge in [0.2, 0.25) is 5.91 Å². The number of carbonyl (C=O) groups excluding carboxylic acids is 2. The highest BCUT2D eigenvalue weighted by Gasteiger charge is 2.22. The molecule has 0 fully saturated rings. The molecule has 2 rings (SSSR count). The zero-order valence-electron chi connectivity index (χ0n) is 16.5. The molecule has 0 spiro atoms. The van der Waals surface area contributed by atoms with E-state index in [0.717, 1.165) is 11.6 Å². The lowest BCUT2D eigenvalue weighted by molar-refractivity contribution is -0.122. The number of hydrogen-bond donors (Lipinski definition) is 2. The minimum absolute atomic E-state index is 0.223. The molecule has 0 radical (unpaired) electrons. The van der Waals surface area contributed by atoms with Gasteiger partial charge < -0.3 is 10.6 Å². The summed E-state index contributed by atoms with van der Waals surface area (Å²) in [5.41, 5.74) is 2.21. The van der Waals surface area contributed by atoms with Gasteiger partial charge in [-0.25, -0.2) is 4.39 Å². The normalized spacial score (nSPS) is 12.0. The Bertz CT molecular complexity index is 905. The minimum atomic E-state index is -0.807. The van der Waals surface area contributed by atoms with Crippen LogP contribution in [0.3, 0.4) is 0 Å². The predicted molar refractivity (Wildman–Crippen MR) is 114 cm³/mol. The highest BCUT2D eigenvalue weighted by molar-refractivity contribution is 5.97. The van der Waals surface area contributed by atoms with E-state index < -0.39 is 17.8 Å². The fraction of sp³-hybridized carbons (Fsp3) is 0.167. The lowest BCUT2D eigenvalue weighted by atomic mass is 10.0. The van der Waals surface area contributed by atoms with Crippen LogP contribution in [0, 0.1) is 0 Å². The van der Waals surface area contributed by atoms with E-state index in [9.17, 15) is 14.0 Å². The van der Waals surface area contributed by atoms with E-state index in [1.807, 2.05) is 36.4 Å². The van der Waals surface area contributed by atoms with Gasteiger partial charge in [0.15, 0.2) is 0 Å². The van der Waals surface area contributed by atoms with Crippen LogP contribution in [0.2, 0.25) is 0 Å². The summed E-state index contributed by atoms with van der Waals surface area (Å²) in [6.07, 6.45) is 2.08. The van der Waals surface area contributed by atoms with E-state index in [4.69, 9.17) is 0 Å². The van der Waals surface area contributed by atoms with Crippen molar-refractivity contribution >= 4 is 11.8 Å². The smallest absolute Gasteiger partial charge is 0.251 e. The number of hydrogen-bond acceptors (Lipinski definition) is 2. The van der Waals surface area contributed by atoms with Crippen molar-refractivity contribution in [2.45, 2.75) is 25.8 Å². The molecule has 2 N–H and O–H groups in total. The fourth-order valence-corrected chi connectivity index (χ4v) is 2.70. The first-order chi connectivity index (χ1) is 13.9. The van der Waals surface area contributed by atoms with Gasteiger partial charge >= 0.3 is 0 Å². The summed E-state index contributed by atoms with van der Waals surface area (Å²) in [5.74, 6) is -1.49. The summed E-state index contributed by atoms with van der Waals surface area (Å²) in [7, 11) is 0. The predicted octanol–water partition coefficient (Wildman–Crippen LogP) is 4.48. The number of nitrogens with one attached hydrogen (secondary N) is 2. The number of halogens is 1. The molecule has 1 atom stereocenters. The maximum absolute atomic E-state index is 13.2. The standard InChI is InChI=1S/C24H25FN2O2/c1-17(2)22(16-18(3)25)27-24(29)21(15-14-19-10-6-4-7-11-19)26-23(28)20-12-8-5-9-13-20/h4-13,16,21H,1,3,14-15H2,2H3,(H,26,28)(H,27,29)/b22-16+. The highest BCUT2D eigenvalue weighted by atomic mass is 19.1. The van der Waals surface area contributed by atoms with Crippen molar-refractivity contribution in [3.63, 3.8) is 0 Å². The molecule has 29 heavy (non-hydrogen) atoms. The van der Waals surface area contributed by atoms with Gasteiger partial charge in [-0.1, -0.05) is 61.7 Å². The number of benzene rings is 2. The second-order valence-corrected chi connectivity index (χ2v) is 6.69. The number of carbonyl (C=O) groups is 2. The van der Waals surface area contributed by atoms with E-state index in [1.54, 1.807) is 31.2 Å². The summed E-state index contributed by atoms with van der Waals surface area (Å²) in [6, 6.07) is 17.5. The Morgan fingerprint density at radius 3 is 2.17 bits per heavy atom. The second kappa shape index (κ2) is 10.8. The van der Waals surface area contributed by atoms with Crippen molar-refractivity contribution in [1.82, 2.24) is 10.6 Å². The van der Waals surface area contributed by atoms with Crippen molar-refractivity contribution in [3.8, 4) is 0 Å². The molecular formula is C24H25FN2O2. The third-order valence-electron chi connectivity index (χ3n) is 4.24. The molecule has 0 aliphatic rings. The molecule has 5 heteroatoms. The molecule has 0 saturated carbocycles. The Kier molecular flexibility index (Phi) is 8.10. The largest absolute Gasteiger partial charge is 0.340 e. The first-order valence-electron chi connectivity index (χ1n) is 9.29. The third kappa shape index (κ3) is 7.22. The van der Waals surface area contributed by atoms with Gasteiger partial charge in [-0.05, 0) is 49.1 Å². The molecule has 2 aromatic carbocycles. The first-order valence-corrected chi connectivity index (χ1v) is 9.29. The topological polar surface area (TPSA) is 58.2 Å². The summed E-state index contributed by atoms with van der Waals surface area (Å²) in [6.45, 7) is 8.58. The Balaban J connectivity index is 2.17. The molecule has 150 valence electrons. The van der Waals surface area contributed by atoms with Crippen LogP contribution in [0.25, 0.3) is 0 Å². The van der Waals surface area contributed by atoms with Crippen molar-refractivity contribution in [1.29, 1.82) is 0 Å². The molecule has 0 aliphatic carbocycles. The van der Waals surface area contributed by atoms with Crippen LogP contribution in [0.5, 0.6) is 0 Å². The van der Waals surface area contributed by atoms with Crippen LogP contribution in [0.1, 0.15) is 29.3 Å². The Labute approximate surface area is 170 Å². The lowest BCUT2D eigenvalue weighted by Gasteiger charge is -2.20. The Morgan fingerprint density at radius 1 is 1.03 bits per heavy atom. The summed E-state index contributed by atoms with van der Waals surface area (Å²) >= 11 is 0. The molecule has 0 heterocycles. The fourth-order valence-electron chi connectivity index (χ4n) is 2.70. The van der Waals surface area contributed by atoms with E-state index in [0.29, 0.717) is 24.0 Å². The van der Waals surface area contributed by atoms with Crippen LogP contribution in [0.15, 0.2) is 97.0 Å². The maximum Gasteiger partial charge on any atom is 0.251 e. The second-order valence-electron chi connectivity index (χ2n) is 6.69. The van der Waals surface area contributed by atoms with E-state index in [-0.39, 0.29) is 11.6 Å². The zero-order valence-corrected chi connectivity index (χ0v) is 16.5. The molecule has 0 saturated heterocycles. The molecule has 0 bridgehead atoms. The summed E-state index contributed by atoms with van der Waals surface area (Å²) in [5, 5.41) is 5.42. The Morgan fingerprint density at radius 2 is 1.62 bits per heavy atom. The van der Waals surface area contributed by atoms with Gasteiger partial charge in [-0.2, -0.15) is 0 Å². The van der Waals surface area contributed by atoms with Crippen molar-refractivity contribution in [2.75, 3.05) is 0 Å². The quantitative estimate of drug-likeness (QED) is 0.618. The van der Waals surface area contributed by atoms with Gasteiger partial charge in [0, 0.05) is 11.3 Å². The van der Waals surface area contributed by atoms with E-state index in [2.05, 4.69) is 23.8 Å². The Hall–Kier alpha value is -3.47. The van der Waals surface area contributed by atoms with Crippen LogP contribution in [-0.4, -0.2) is 17.9 Å². The molecular weight excluding hydrogens is 367 g/mol. The SMILES string of the molecule is C=C(F)/C=C(/NC(=O)C(CCc1ccccc1)NC(=O)c1ccccc1)C(=C)C. The van der Waals surface area contributed by atoms with E-state index in [1.165, 1.54) is 0 Å². The van der Waals surface area contributed by atoms with Crippen LogP contribution in [-0.2, 0) is 11.2 Å². The molecule has 1 unspecified atom stereocenters. The zero-order chi connectivity index (χ0) is 21.2. The lowest BCUT2D eigenvalue weighted by Crippen LogP contribution is -2.46. The average Bonchev–Trinajstić information content (AvgIpc) is 2.71. The minimum Gasteiger partial charge on any atom is -0.340 e. The van der Waals surface area contributed by atoms with Gasteiger partial charge in [0.1, 0.15) is 11.9 Å². The van der Waals surface area contributed by atoms with Crippen LogP contribution in [0.4, 0.5) is 4.39 Å². The average molecular weight is 392 g/mol. The summed E-state index contributed by atoms with van der Waals surface area (Å²) in [4.78, 5) is 25.4. The van der Waals surface area contributed by atoms with Crippen LogP contribution < -0.4 is 10.6 Å². The number of allylic oxidation sites excluding steroid dienone is 3. The van der Waals surface area contributed by atoms with Crippen molar-refractivity contribution in [2.24, 2.45) is 0 Å². The first kappa shape index (κ1) is 21.8. The molecule has 2 amide bonds. The molecule has 2 aromatic rings. The van der Waals surface area contributed by atoms with Gasteiger partial charge in [0.05, 0.1) is 0 Å². The number of rotatable bonds is 9. The molecule has 0 aliphatic heterocycles. The summed E-state index contributed by atoms with van der Waals surface area (Å²) < 4.78 is 13.2. The van der Waals surface area contributed by atoms with Gasteiger partial charge in [-0.3, -0.25) is 9.59 Å². The number of amides is 2. The van der Waals surface area contributed by atoms with Gasteiger partial charge in [0.25, 0.3) is 5.91 Å². The van der Waals surface area contributed by atoms with Gasteiger partial charge in [-0.15, -0.1) is 0 Å². The third-order valence-corrected chi connectivity index (χ3v) is 4.24. The maximum atomic E-state index is 13.2. The molecule has 0 aromatic heterocycles. The highest BCUT2D eigenvalue weighted by Crippen LogP contribution is 2.11.